The van der Waals surface area contributed by atoms with Crippen molar-refractivity contribution in [1.82, 2.24) is 10.2 Å². The smallest absolute Gasteiger partial charge is 0.254 e. The predicted octanol–water partition coefficient (Wildman–Crippen LogP) is 1.69. The van der Waals surface area contributed by atoms with Gasteiger partial charge < -0.3 is 15.3 Å². The summed E-state index contributed by atoms with van der Waals surface area (Å²) in [7, 11) is 0. The molecule has 20 heavy (non-hydrogen) atoms. The van der Waals surface area contributed by atoms with Gasteiger partial charge in [0.2, 0.25) is 5.91 Å². The molecule has 0 fully saturated rings. The van der Waals surface area contributed by atoms with Crippen molar-refractivity contribution < 1.29 is 14.7 Å². The number of hydrogen-bond donors (Lipinski definition) is 2. The van der Waals surface area contributed by atoms with Crippen molar-refractivity contribution in [2.45, 2.75) is 33.7 Å². The fourth-order valence-corrected chi connectivity index (χ4v) is 1.89. The number of nitrogens with zero attached hydrogens (tertiary/aromatic N) is 1. The largest absolute Gasteiger partial charge is 0.508 e. The molecule has 0 radical (unpaired) electrons. The van der Waals surface area contributed by atoms with Gasteiger partial charge in [-0.2, -0.15) is 0 Å². The minimum atomic E-state index is -0.250. The molecular weight excluding hydrogens is 256 g/mol. The van der Waals surface area contributed by atoms with Gasteiger partial charge in [-0.15, -0.1) is 0 Å². The van der Waals surface area contributed by atoms with Crippen molar-refractivity contribution in [3.05, 3.63) is 29.3 Å². The minimum absolute atomic E-state index is 0.0165. The number of benzene rings is 1. The number of phenolic OH excluding ortho intramolecular Hbond substituents is 1. The van der Waals surface area contributed by atoms with Crippen LogP contribution in [0.1, 0.15) is 36.7 Å². The van der Waals surface area contributed by atoms with E-state index in [9.17, 15) is 14.7 Å². The molecule has 5 heteroatoms. The molecule has 1 aromatic carbocycles. The third-order valence-corrected chi connectivity index (χ3v) is 2.99. The molecule has 110 valence electrons. The highest BCUT2D eigenvalue weighted by atomic mass is 16.3. The fourth-order valence-electron chi connectivity index (χ4n) is 1.89. The number of phenols is 1. The molecule has 0 spiro atoms. The molecule has 1 aromatic rings. The van der Waals surface area contributed by atoms with Crippen molar-refractivity contribution in [3.63, 3.8) is 0 Å². The maximum Gasteiger partial charge on any atom is 0.254 e. The van der Waals surface area contributed by atoms with E-state index in [0.717, 1.165) is 0 Å². The molecule has 1 rings (SSSR count). The Morgan fingerprint density at radius 2 is 2.00 bits per heavy atom. The Kier molecular flexibility index (Phi) is 5.55. The summed E-state index contributed by atoms with van der Waals surface area (Å²) in [5.41, 5.74) is 0.949. The number of likely N-dealkylation sites (N-methyl/N-ethyl adjacent to an activating group) is 1. The van der Waals surface area contributed by atoms with Gasteiger partial charge in [0.15, 0.2) is 0 Å². The summed E-state index contributed by atoms with van der Waals surface area (Å²) in [5, 5.41) is 12.4. The summed E-state index contributed by atoms with van der Waals surface area (Å²) in [4.78, 5) is 25.6. The molecule has 0 heterocycles. The summed E-state index contributed by atoms with van der Waals surface area (Å²) in [6, 6.07) is 4.85. The zero-order valence-corrected chi connectivity index (χ0v) is 12.4. The highest BCUT2D eigenvalue weighted by molar-refractivity contribution is 5.98. The van der Waals surface area contributed by atoms with Crippen LogP contribution >= 0.6 is 0 Å². The van der Waals surface area contributed by atoms with E-state index < -0.39 is 0 Å². The third kappa shape index (κ3) is 3.98. The minimum Gasteiger partial charge on any atom is -0.508 e. The molecule has 0 aliphatic carbocycles. The molecule has 0 saturated heterocycles. The molecule has 2 amide bonds. The van der Waals surface area contributed by atoms with E-state index in [4.69, 9.17) is 0 Å². The van der Waals surface area contributed by atoms with E-state index in [0.29, 0.717) is 17.7 Å². The van der Waals surface area contributed by atoms with Gasteiger partial charge in [-0.3, -0.25) is 9.59 Å². The van der Waals surface area contributed by atoms with Crippen LogP contribution in [-0.2, 0) is 4.79 Å². The third-order valence-electron chi connectivity index (χ3n) is 2.99. The van der Waals surface area contributed by atoms with Gasteiger partial charge in [0, 0.05) is 23.7 Å². The van der Waals surface area contributed by atoms with Crippen molar-refractivity contribution in [2.75, 3.05) is 13.1 Å². The van der Waals surface area contributed by atoms with Crippen LogP contribution in [0.25, 0.3) is 0 Å². The van der Waals surface area contributed by atoms with Gasteiger partial charge in [-0.05, 0) is 39.8 Å². The van der Waals surface area contributed by atoms with Gasteiger partial charge in [0.25, 0.3) is 5.91 Å². The first-order valence-electron chi connectivity index (χ1n) is 6.74. The zero-order valence-electron chi connectivity index (χ0n) is 12.4. The highest BCUT2D eigenvalue weighted by Gasteiger charge is 2.20. The topological polar surface area (TPSA) is 69.6 Å². The Labute approximate surface area is 119 Å². The van der Waals surface area contributed by atoms with E-state index in [1.54, 1.807) is 19.1 Å². The maximum absolute atomic E-state index is 12.4. The Balaban J connectivity index is 2.87. The summed E-state index contributed by atoms with van der Waals surface area (Å²) in [6.07, 6.45) is 0. The Hall–Kier alpha value is -2.04. The molecule has 0 saturated carbocycles. The lowest BCUT2D eigenvalue weighted by Crippen LogP contribution is -2.42. The number of hydrogen-bond acceptors (Lipinski definition) is 3. The quantitative estimate of drug-likeness (QED) is 0.861. The van der Waals surface area contributed by atoms with Crippen LogP contribution in [0.2, 0.25) is 0 Å². The van der Waals surface area contributed by atoms with Crippen LogP contribution in [0.4, 0.5) is 0 Å². The average Bonchev–Trinajstić information content (AvgIpc) is 2.37. The monoisotopic (exact) mass is 278 g/mol. The molecule has 0 aliphatic heterocycles. The normalized spacial score (nSPS) is 10.4. The standard InChI is InChI=1S/C15H22N2O3/c1-5-17(9-14(19)16-10(2)3)15(20)12-7-6-8-13(18)11(12)4/h6-8,10,18H,5,9H2,1-4H3,(H,16,19). The fraction of sp³-hybridized carbons (Fsp3) is 0.467. The summed E-state index contributed by atoms with van der Waals surface area (Å²) in [6.45, 7) is 7.69. The highest BCUT2D eigenvalue weighted by Crippen LogP contribution is 2.20. The molecule has 0 aliphatic rings. The lowest BCUT2D eigenvalue weighted by molar-refractivity contribution is -0.122. The van der Waals surface area contributed by atoms with Crippen LogP contribution in [-0.4, -0.2) is 41.0 Å². The van der Waals surface area contributed by atoms with E-state index in [1.807, 2.05) is 20.8 Å². The molecular formula is C15H22N2O3. The van der Waals surface area contributed by atoms with Gasteiger partial charge in [-0.25, -0.2) is 0 Å². The number of carbonyl (C=O) groups excluding carboxylic acids is 2. The van der Waals surface area contributed by atoms with Gasteiger partial charge in [0.05, 0.1) is 6.54 Å². The number of aromatic hydroxyl groups is 1. The molecule has 5 nitrogen and oxygen atoms in total. The maximum atomic E-state index is 12.4. The van der Waals surface area contributed by atoms with E-state index in [2.05, 4.69) is 5.32 Å². The summed E-state index contributed by atoms with van der Waals surface area (Å²) in [5.74, 6) is -0.355. The molecule has 0 aromatic heterocycles. The SMILES string of the molecule is CCN(CC(=O)NC(C)C)C(=O)c1cccc(O)c1C. The number of amides is 2. The van der Waals surface area contributed by atoms with Crippen molar-refractivity contribution in [2.24, 2.45) is 0 Å². The van der Waals surface area contributed by atoms with E-state index in [-0.39, 0.29) is 30.2 Å². The first-order chi connectivity index (χ1) is 9.36. The summed E-state index contributed by atoms with van der Waals surface area (Å²) < 4.78 is 0. The van der Waals surface area contributed by atoms with Crippen molar-refractivity contribution in [3.8, 4) is 5.75 Å². The van der Waals surface area contributed by atoms with Crippen LogP contribution < -0.4 is 5.32 Å². The first-order valence-corrected chi connectivity index (χ1v) is 6.74. The molecule has 0 atom stereocenters. The van der Waals surface area contributed by atoms with Crippen LogP contribution in [0.3, 0.4) is 0 Å². The van der Waals surface area contributed by atoms with Crippen molar-refractivity contribution >= 4 is 11.8 Å². The van der Waals surface area contributed by atoms with E-state index >= 15 is 0 Å². The molecule has 0 unspecified atom stereocenters. The first kappa shape index (κ1) is 16.0. The number of carbonyl (C=O) groups is 2. The second-order valence-corrected chi connectivity index (χ2v) is 4.99. The second-order valence-electron chi connectivity index (χ2n) is 4.99. The number of rotatable bonds is 5. The Morgan fingerprint density at radius 3 is 2.55 bits per heavy atom. The van der Waals surface area contributed by atoms with Gasteiger partial charge in [0.1, 0.15) is 5.75 Å². The van der Waals surface area contributed by atoms with Crippen LogP contribution in [0.15, 0.2) is 18.2 Å². The van der Waals surface area contributed by atoms with Gasteiger partial charge in [-0.1, -0.05) is 6.07 Å². The lowest BCUT2D eigenvalue weighted by Gasteiger charge is -2.22. The van der Waals surface area contributed by atoms with E-state index in [1.165, 1.54) is 11.0 Å². The van der Waals surface area contributed by atoms with Gasteiger partial charge >= 0.3 is 0 Å². The Bertz CT molecular complexity index is 498. The Morgan fingerprint density at radius 1 is 1.35 bits per heavy atom. The van der Waals surface area contributed by atoms with Crippen LogP contribution in [0.5, 0.6) is 5.75 Å². The predicted molar refractivity (Wildman–Crippen MR) is 77.7 cm³/mol. The molecule has 2 N–H and O–H groups in total. The molecule has 0 bridgehead atoms. The number of nitrogens with one attached hydrogen (secondary N) is 1. The summed E-state index contributed by atoms with van der Waals surface area (Å²) >= 11 is 0. The second kappa shape index (κ2) is 6.93. The average molecular weight is 278 g/mol. The van der Waals surface area contributed by atoms with Crippen molar-refractivity contribution in [1.29, 1.82) is 0 Å². The zero-order chi connectivity index (χ0) is 15.3. The lowest BCUT2D eigenvalue weighted by atomic mass is 10.1. The van der Waals surface area contributed by atoms with Crippen LogP contribution in [0, 0.1) is 6.92 Å².